The normalized spacial score (nSPS) is 14.4. The third-order valence-electron chi connectivity index (χ3n) is 8.00. The van der Waals surface area contributed by atoms with Gasteiger partial charge in [0.05, 0.1) is 0 Å². The number of benzene rings is 2. The van der Waals surface area contributed by atoms with Crippen molar-refractivity contribution in [2.45, 2.75) is 130 Å². The molecule has 1 N–H and O–H groups in total. The first kappa shape index (κ1) is 30.9. The Morgan fingerprint density at radius 2 is 1.35 bits per heavy atom. The summed E-state index contributed by atoms with van der Waals surface area (Å²) in [5, 5.41) is 11.2. The third-order valence-corrected chi connectivity index (χ3v) is 8.00. The first-order valence-electron chi connectivity index (χ1n) is 15.0. The second kappa shape index (κ2) is 15.8. The number of carbonyl (C=O) groups is 1. The lowest BCUT2D eigenvalue weighted by molar-refractivity contribution is 0.0979. The Balaban J connectivity index is 2.55. The van der Waals surface area contributed by atoms with Crippen molar-refractivity contribution in [1.82, 2.24) is 0 Å². The Morgan fingerprint density at radius 3 is 1.92 bits per heavy atom. The maximum atomic E-state index is 13.8. The van der Waals surface area contributed by atoms with E-state index in [9.17, 15) is 9.90 Å². The molecule has 0 fully saturated rings. The van der Waals surface area contributed by atoms with Crippen LogP contribution < -0.4 is 0 Å². The molecule has 37 heavy (non-hydrogen) atoms. The van der Waals surface area contributed by atoms with Gasteiger partial charge in [0.25, 0.3) is 0 Å². The Hall–Kier alpha value is -2.35. The molecule has 3 unspecified atom stereocenters. The minimum absolute atomic E-state index is 0.153. The van der Waals surface area contributed by atoms with Crippen LogP contribution in [-0.2, 0) is 6.42 Å². The van der Waals surface area contributed by atoms with Gasteiger partial charge in [0.1, 0.15) is 0 Å². The summed E-state index contributed by atoms with van der Waals surface area (Å²) in [6.07, 6.45) is 12.9. The van der Waals surface area contributed by atoms with E-state index in [1.807, 2.05) is 12.1 Å². The number of rotatable bonds is 16. The van der Waals surface area contributed by atoms with Gasteiger partial charge in [0.2, 0.25) is 5.78 Å². The summed E-state index contributed by atoms with van der Waals surface area (Å²) in [5.41, 5.74) is 6.50. The molecule has 2 rings (SSSR count). The molecule has 0 aromatic heterocycles. The van der Waals surface area contributed by atoms with Crippen molar-refractivity contribution >= 4 is 11.9 Å². The quantitative estimate of drug-likeness (QED) is 0.140. The highest BCUT2D eigenvalue weighted by Gasteiger charge is 2.24. The summed E-state index contributed by atoms with van der Waals surface area (Å²) in [5.74, 6) is 0.647. The fourth-order valence-electron chi connectivity index (χ4n) is 5.52. The van der Waals surface area contributed by atoms with Gasteiger partial charge in [-0.05, 0) is 77.3 Å². The highest BCUT2D eigenvalue weighted by molar-refractivity contribution is 6.10. The summed E-state index contributed by atoms with van der Waals surface area (Å²) in [4.78, 5) is 13.8. The largest absolute Gasteiger partial charge is 0.504 e. The zero-order chi connectivity index (χ0) is 27.4. The molecule has 0 aliphatic carbocycles. The number of allylic oxidation sites excluding steroid dienone is 1. The van der Waals surface area contributed by atoms with Crippen LogP contribution in [0.15, 0.2) is 42.2 Å². The maximum absolute atomic E-state index is 13.8. The second-order valence-corrected chi connectivity index (χ2v) is 11.1. The molecule has 0 amide bonds. The Labute approximate surface area is 227 Å². The van der Waals surface area contributed by atoms with Crippen LogP contribution in [0.5, 0.6) is 0 Å². The van der Waals surface area contributed by atoms with E-state index in [2.05, 4.69) is 72.7 Å². The zero-order valence-corrected chi connectivity index (χ0v) is 24.7. The lowest BCUT2D eigenvalue weighted by atomic mass is 9.80. The van der Waals surface area contributed by atoms with E-state index in [1.165, 1.54) is 36.0 Å². The molecule has 0 spiro atoms. The van der Waals surface area contributed by atoms with Crippen molar-refractivity contribution < 1.29 is 9.90 Å². The molecule has 2 heteroatoms. The molecule has 2 nitrogen and oxygen atoms in total. The molecule has 2 aromatic carbocycles. The van der Waals surface area contributed by atoms with Crippen molar-refractivity contribution in [2.75, 3.05) is 0 Å². The molecule has 2 aromatic rings. The van der Waals surface area contributed by atoms with Gasteiger partial charge in [-0.2, -0.15) is 0 Å². The van der Waals surface area contributed by atoms with Crippen LogP contribution >= 0.6 is 0 Å². The van der Waals surface area contributed by atoms with Crippen LogP contribution in [0.4, 0.5) is 0 Å². The van der Waals surface area contributed by atoms with E-state index < -0.39 is 0 Å². The van der Waals surface area contributed by atoms with Crippen molar-refractivity contribution in [1.29, 1.82) is 0 Å². The van der Waals surface area contributed by atoms with Crippen molar-refractivity contribution in [3.05, 3.63) is 75.5 Å². The number of aryl methyl sites for hydroxylation is 1. The molecule has 0 bridgehead atoms. The number of ketones is 1. The maximum Gasteiger partial charge on any atom is 0.227 e. The second-order valence-electron chi connectivity index (χ2n) is 11.1. The highest BCUT2D eigenvalue weighted by atomic mass is 16.3. The minimum atomic E-state index is -0.253. The van der Waals surface area contributed by atoms with Crippen molar-refractivity contribution in [3.8, 4) is 0 Å². The summed E-state index contributed by atoms with van der Waals surface area (Å²) in [7, 11) is 0. The van der Waals surface area contributed by atoms with Gasteiger partial charge >= 0.3 is 0 Å². The zero-order valence-electron chi connectivity index (χ0n) is 24.7. The fraction of sp³-hybridized carbons (Fsp3) is 0.571. The van der Waals surface area contributed by atoms with E-state index in [0.717, 1.165) is 56.1 Å². The third kappa shape index (κ3) is 8.59. The van der Waals surface area contributed by atoms with Crippen LogP contribution in [0.1, 0.15) is 162 Å². The van der Waals surface area contributed by atoms with Crippen LogP contribution in [-0.4, -0.2) is 10.9 Å². The van der Waals surface area contributed by atoms with Crippen LogP contribution in [0.25, 0.3) is 6.08 Å². The summed E-state index contributed by atoms with van der Waals surface area (Å²) in [6, 6.07) is 12.7. The smallest absolute Gasteiger partial charge is 0.227 e. The number of carbonyl (C=O) groups excluding carboxylic acids is 1. The van der Waals surface area contributed by atoms with Crippen molar-refractivity contribution in [2.24, 2.45) is 0 Å². The standard InChI is InChI=1S/C35H52O2/c1-8-12-16-25(5)30-22-21-28(11-4)23-29(30)24-33(36)35(37)32-20-15-19-31(26(6)17-13-9-2)34(32)27(7)18-14-10-3/h15,19-27,36H,8-14,16-18H2,1-7H3. The van der Waals surface area contributed by atoms with Crippen LogP contribution in [0.3, 0.4) is 0 Å². The molecule has 204 valence electrons. The lowest BCUT2D eigenvalue weighted by Crippen LogP contribution is -2.13. The molecular weight excluding hydrogens is 452 g/mol. The van der Waals surface area contributed by atoms with Gasteiger partial charge in [0.15, 0.2) is 5.76 Å². The monoisotopic (exact) mass is 504 g/mol. The first-order valence-corrected chi connectivity index (χ1v) is 15.0. The van der Waals surface area contributed by atoms with Gasteiger partial charge in [-0.25, -0.2) is 0 Å². The molecule has 0 heterocycles. The van der Waals surface area contributed by atoms with Crippen LogP contribution in [0.2, 0.25) is 0 Å². The molecule has 0 saturated carbocycles. The van der Waals surface area contributed by atoms with E-state index in [1.54, 1.807) is 6.08 Å². The summed E-state index contributed by atoms with van der Waals surface area (Å²) in [6.45, 7) is 15.6. The van der Waals surface area contributed by atoms with Gasteiger partial charge < -0.3 is 5.11 Å². The average Bonchev–Trinajstić information content (AvgIpc) is 2.92. The molecule has 3 atom stereocenters. The molecular formula is C35H52O2. The number of aliphatic hydroxyl groups excluding tert-OH is 1. The minimum Gasteiger partial charge on any atom is -0.504 e. The van der Waals surface area contributed by atoms with Gasteiger partial charge in [-0.3, -0.25) is 4.79 Å². The van der Waals surface area contributed by atoms with Gasteiger partial charge in [-0.15, -0.1) is 0 Å². The highest BCUT2D eigenvalue weighted by Crippen LogP contribution is 2.36. The number of aliphatic hydroxyl groups is 1. The molecule has 0 aliphatic heterocycles. The topological polar surface area (TPSA) is 37.3 Å². The number of unbranched alkanes of at least 4 members (excludes halogenated alkanes) is 3. The fourth-order valence-corrected chi connectivity index (χ4v) is 5.52. The lowest BCUT2D eigenvalue weighted by Gasteiger charge is -2.24. The Bertz CT molecular complexity index is 1020. The van der Waals surface area contributed by atoms with E-state index in [-0.39, 0.29) is 17.5 Å². The van der Waals surface area contributed by atoms with Gasteiger partial charge in [-0.1, -0.05) is 123 Å². The number of Topliss-reactive ketones (excluding diaryl/α,β-unsaturated/α-hetero) is 1. The summed E-state index contributed by atoms with van der Waals surface area (Å²) < 4.78 is 0. The number of hydrogen-bond donors (Lipinski definition) is 1. The average molecular weight is 505 g/mol. The summed E-state index contributed by atoms with van der Waals surface area (Å²) >= 11 is 0. The Morgan fingerprint density at radius 1 is 0.784 bits per heavy atom. The molecule has 0 aliphatic rings. The Kier molecular flexibility index (Phi) is 13.2. The molecule has 0 radical (unpaired) electrons. The number of hydrogen-bond acceptors (Lipinski definition) is 2. The SMILES string of the molecule is CCCCC(C)c1ccc(CC)cc1C=C(O)C(=O)c1cccc(C(C)CCCC)c1C(C)CCCC. The van der Waals surface area contributed by atoms with E-state index in [0.29, 0.717) is 17.4 Å². The van der Waals surface area contributed by atoms with Crippen molar-refractivity contribution in [3.63, 3.8) is 0 Å². The first-order chi connectivity index (χ1) is 17.8. The molecule has 0 saturated heterocycles. The van der Waals surface area contributed by atoms with Gasteiger partial charge in [0, 0.05) is 5.56 Å². The predicted molar refractivity (Wildman–Crippen MR) is 161 cm³/mol. The van der Waals surface area contributed by atoms with Crippen LogP contribution in [0, 0.1) is 0 Å². The van der Waals surface area contributed by atoms with E-state index >= 15 is 0 Å². The van der Waals surface area contributed by atoms with E-state index in [4.69, 9.17) is 0 Å². The predicted octanol–water partition coefficient (Wildman–Crippen LogP) is 10.9.